The Labute approximate surface area is 105 Å². The molecule has 1 saturated heterocycles. The molecular formula is C13H16FNO3. The number of methoxy groups -OCH3 is 1. The fourth-order valence-electron chi connectivity index (χ4n) is 2.50. The van der Waals surface area contributed by atoms with Crippen LogP contribution < -0.4 is 4.74 Å². The Kier molecular flexibility index (Phi) is 3.52. The Hall–Kier alpha value is -1.62. The summed E-state index contributed by atoms with van der Waals surface area (Å²) in [7, 11) is 3.31. The fraction of sp³-hybridized carbons (Fsp3) is 0.462. The van der Waals surface area contributed by atoms with Crippen LogP contribution in [-0.4, -0.2) is 43.2 Å². The Morgan fingerprint density at radius 3 is 2.78 bits per heavy atom. The van der Waals surface area contributed by atoms with Crippen LogP contribution in [0.1, 0.15) is 11.5 Å². The predicted octanol–water partition coefficient (Wildman–Crippen LogP) is 1.56. The van der Waals surface area contributed by atoms with Crippen LogP contribution in [0.5, 0.6) is 5.75 Å². The van der Waals surface area contributed by atoms with Crippen molar-refractivity contribution in [3.05, 3.63) is 29.6 Å². The first kappa shape index (κ1) is 12.8. The standard InChI is InChI=1S/C13H16FNO3/c1-15-6-10(11(7-15)13(16)17)9-4-3-8(18-2)5-12(9)14/h3-5,10-11H,6-7H2,1-2H3,(H,16,17)/t10-,11+/m0/s1. The second-order valence-electron chi connectivity index (χ2n) is 4.66. The molecule has 5 heteroatoms. The van der Waals surface area contributed by atoms with Crippen LogP contribution in [0.2, 0.25) is 0 Å². The lowest BCUT2D eigenvalue weighted by Gasteiger charge is -2.16. The largest absolute Gasteiger partial charge is 0.497 e. The van der Waals surface area contributed by atoms with Gasteiger partial charge in [0, 0.05) is 25.1 Å². The molecule has 0 aliphatic carbocycles. The molecule has 1 N–H and O–H groups in total. The normalized spacial score (nSPS) is 24.2. The van der Waals surface area contributed by atoms with Crippen molar-refractivity contribution in [2.75, 3.05) is 27.2 Å². The molecule has 0 aromatic heterocycles. The molecule has 1 aliphatic rings. The number of nitrogens with zero attached hydrogens (tertiary/aromatic N) is 1. The second-order valence-corrected chi connectivity index (χ2v) is 4.66. The number of carbonyl (C=O) groups is 1. The summed E-state index contributed by atoms with van der Waals surface area (Å²) in [5, 5.41) is 9.18. The zero-order valence-electron chi connectivity index (χ0n) is 10.4. The van der Waals surface area contributed by atoms with E-state index >= 15 is 0 Å². The number of carboxylic acids is 1. The summed E-state index contributed by atoms with van der Waals surface area (Å²) in [4.78, 5) is 13.1. The molecule has 0 unspecified atom stereocenters. The van der Waals surface area contributed by atoms with Crippen molar-refractivity contribution in [3.8, 4) is 5.75 Å². The summed E-state index contributed by atoms with van der Waals surface area (Å²) < 4.78 is 18.9. The smallest absolute Gasteiger partial charge is 0.308 e. The Morgan fingerprint density at radius 1 is 1.50 bits per heavy atom. The number of ether oxygens (including phenoxy) is 1. The zero-order valence-corrected chi connectivity index (χ0v) is 10.4. The number of benzene rings is 1. The Bertz CT molecular complexity index is 464. The van der Waals surface area contributed by atoms with Gasteiger partial charge < -0.3 is 14.7 Å². The number of hydrogen-bond donors (Lipinski definition) is 1. The van der Waals surface area contributed by atoms with Gasteiger partial charge in [0.05, 0.1) is 13.0 Å². The summed E-state index contributed by atoms with van der Waals surface area (Å²) >= 11 is 0. The van der Waals surface area contributed by atoms with E-state index in [1.54, 1.807) is 12.1 Å². The minimum atomic E-state index is -0.875. The number of carboxylic acid groups (broad SMARTS) is 1. The fourth-order valence-corrected chi connectivity index (χ4v) is 2.50. The van der Waals surface area contributed by atoms with E-state index in [-0.39, 0.29) is 5.92 Å². The maximum absolute atomic E-state index is 14.0. The van der Waals surface area contributed by atoms with Crippen molar-refractivity contribution >= 4 is 5.97 Å². The van der Waals surface area contributed by atoms with Gasteiger partial charge in [0.25, 0.3) is 0 Å². The average Bonchev–Trinajstić information content (AvgIpc) is 2.71. The van der Waals surface area contributed by atoms with Crippen molar-refractivity contribution in [2.45, 2.75) is 5.92 Å². The van der Waals surface area contributed by atoms with E-state index in [4.69, 9.17) is 4.74 Å². The molecule has 98 valence electrons. The van der Waals surface area contributed by atoms with Gasteiger partial charge in [0.2, 0.25) is 0 Å². The van der Waals surface area contributed by atoms with Crippen molar-refractivity contribution in [2.24, 2.45) is 5.92 Å². The van der Waals surface area contributed by atoms with E-state index in [1.165, 1.54) is 13.2 Å². The molecule has 18 heavy (non-hydrogen) atoms. The van der Waals surface area contributed by atoms with Gasteiger partial charge in [0.15, 0.2) is 0 Å². The van der Waals surface area contributed by atoms with Gasteiger partial charge in [-0.2, -0.15) is 0 Å². The molecule has 0 spiro atoms. The van der Waals surface area contributed by atoms with E-state index in [9.17, 15) is 14.3 Å². The highest BCUT2D eigenvalue weighted by Gasteiger charge is 2.38. The minimum Gasteiger partial charge on any atom is -0.497 e. The van der Waals surface area contributed by atoms with Crippen LogP contribution in [0.25, 0.3) is 0 Å². The van der Waals surface area contributed by atoms with Gasteiger partial charge in [-0.1, -0.05) is 6.07 Å². The highest BCUT2D eigenvalue weighted by molar-refractivity contribution is 5.72. The lowest BCUT2D eigenvalue weighted by atomic mass is 9.88. The van der Waals surface area contributed by atoms with Crippen molar-refractivity contribution in [3.63, 3.8) is 0 Å². The molecule has 1 aromatic carbocycles. The monoisotopic (exact) mass is 253 g/mol. The number of hydrogen-bond acceptors (Lipinski definition) is 3. The SMILES string of the molecule is COc1ccc([C@@H]2CN(C)C[C@H]2C(=O)O)c(F)c1. The molecule has 4 nitrogen and oxygen atoms in total. The van der Waals surface area contributed by atoms with Crippen LogP contribution in [0.15, 0.2) is 18.2 Å². The molecule has 0 saturated carbocycles. The first-order chi connectivity index (χ1) is 8.52. The topological polar surface area (TPSA) is 49.8 Å². The third kappa shape index (κ3) is 2.31. The molecule has 0 bridgehead atoms. The van der Waals surface area contributed by atoms with Gasteiger partial charge in [-0.05, 0) is 18.7 Å². The molecule has 2 atom stereocenters. The molecule has 1 aliphatic heterocycles. The number of halogens is 1. The lowest BCUT2D eigenvalue weighted by Crippen LogP contribution is -2.21. The average molecular weight is 253 g/mol. The van der Waals surface area contributed by atoms with Gasteiger partial charge in [-0.15, -0.1) is 0 Å². The van der Waals surface area contributed by atoms with Crippen LogP contribution in [0, 0.1) is 11.7 Å². The summed E-state index contributed by atoms with van der Waals surface area (Å²) in [6.45, 7) is 1.01. The van der Waals surface area contributed by atoms with Crippen LogP contribution in [-0.2, 0) is 4.79 Å². The molecule has 0 radical (unpaired) electrons. The maximum Gasteiger partial charge on any atom is 0.308 e. The van der Waals surface area contributed by atoms with Crippen molar-refractivity contribution < 1.29 is 19.0 Å². The number of rotatable bonds is 3. The molecule has 1 aromatic rings. The van der Waals surface area contributed by atoms with Crippen molar-refractivity contribution in [1.82, 2.24) is 4.90 Å². The second kappa shape index (κ2) is 4.94. The van der Waals surface area contributed by atoms with E-state index in [1.807, 2.05) is 11.9 Å². The summed E-state index contributed by atoms with van der Waals surface area (Å²) in [5.74, 6) is -1.70. The highest BCUT2D eigenvalue weighted by atomic mass is 19.1. The van der Waals surface area contributed by atoms with Gasteiger partial charge in [-0.25, -0.2) is 4.39 Å². The zero-order chi connectivity index (χ0) is 13.3. The molecule has 1 heterocycles. The molecule has 0 amide bonds. The number of likely N-dealkylation sites (N-methyl/N-ethyl adjacent to an activating group) is 1. The summed E-state index contributed by atoms with van der Waals surface area (Å²) in [6, 6.07) is 4.58. The van der Waals surface area contributed by atoms with Crippen molar-refractivity contribution in [1.29, 1.82) is 0 Å². The minimum absolute atomic E-state index is 0.307. The lowest BCUT2D eigenvalue weighted by molar-refractivity contribution is -0.141. The third-order valence-corrected chi connectivity index (χ3v) is 3.43. The first-order valence-electron chi connectivity index (χ1n) is 5.77. The van der Waals surface area contributed by atoms with E-state index < -0.39 is 17.7 Å². The van der Waals surface area contributed by atoms with E-state index in [0.717, 1.165) is 0 Å². The van der Waals surface area contributed by atoms with E-state index in [2.05, 4.69) is 0 Å². The maximum atomic E-state index is 14.0. The summed E-state index contributed by atoms with van der Waals surface area (Å²) in [5.41, 5.74) is 0.451. The van der Waals surface area contributed by atoms with Gasteiger partial charge >= 0.3 is 5.97 Å². The van der Waals surface area contributed by atoms with Crippen LogP contribution in [0.3, 0.4) is 0 Å². The predicted molar refractivity (Wildman–Crippen MR) is 64.3 cm³/mol. The number of likely N-dealkylation sites (tertiary alicyclic amines) is 1. The Morgan fingerprint density at radius 2 is 2.22 bits per heavy atom. The highest BCUT2D eigenvalue weighted by Crippen LogP contribution is 2.34. The number of aliphatic carboxylic acids is 1. The van der Waals surface area contributed by atoms with Crippen LogP contribution in [0.4, 0.5) is 4.39 Å². The third-order valence-electron chi connectivity index (χ3n) is 3.43. The molecule has 1 fully saturated rings. The quantitative estimate of drug-likeness (QED) is 0.888. The first-order valence-corrected chi connectivity index (χ1v) is 5.77. The van der Waals surface area contributed by atoms with Gasteiger partial charge in [-0.3, -0.25) is 4.79 Å². The molecular weight excluding hydrogens is 237 g/mol. The van der Waals surface area contributed by atoms with E-state index in [0.29, 0.717) is 24.4 Å². The summed E-state index contributed by atoms with van der Waals surface area (Å²) in [6.07, 6.45) is 0. The molecule has 2 rings (SSSR count). The Balaban J connectivity index is 2.32. The van der Waals surface area contributed by atoms with Crippen LogP contribution >= 0.6 is 0 Å². The van der Waals surface area contributed by atoms with Gasteiger partial charge in [0.1, 0.15) is 11.6 Å².